The molecule has 2 heterocycles. The topological polar surface area (TPSA) is 46.4 Å². The number of aromatic nitrogens is 2. The van der Waals surface area contributed by atoms with Crippen LogP contribution in [-0.2, 0) is 6.42 Å². The van der Waals surface area contributed by atoms with Gasteiger partial charge in [0.1, 0.15) is 5.69 Å². The Morgan fingerprint density at radius 2 is 2.05 bits per heavy atom. The van der Waals surface area contributed by atoms with Crippen molar-refractivity contribution in [1.29, 1.82) is 0 Å². The highest BCUT2D eigenvalue weighted by Crippen LogP contribution is 2.18. The van der Waals surface area contributed by atoms with Crippen molar-refractivity contribution in [3.63, 3.8) is 0 Å². The Balaban J connectivity index is 1.68. The number of amides is 1. The average molecular weight is 313 g/mol. The molecule has 4 nitrogen and oxygen atoms in total. The lowest BCUT2D eigenvalue weighted by Crippen LogP contribution is -2.12. The predicted molar refractivity (Wildman–Crippen MR) is 90.8 cm³/mol. The first-order chi connectivity index (χ1) is 10.7. The van der Waals surface area contributed by atoms with Crippen LogP contribution in [0.5, 0.6) is 0 Å². The number of fused-ring (bicyclic) bond motifs is 1. The van der Waals surface area contributed by atoms with E-state index in [1.165, 1.54) is 23.3 Å². The van der Waals surface area contributed by atoms with Crippen LogP contribution >= 0.6 is 11.3 Å². The Hall–Kier alpha value is -2.14. The Bertz CT molecular complexity index is 754. The Kier molecular flexibility index (Phi) is 4.24. The lowest BCUT2D eigenvalue weighted by Gasteiger charge is -2.05. The molecule has 0 aliphatic heterocycles. The van der Waals surface area contributed by atoms with Crippen LogP contribution in [0.15, 0.2) is 36.7 Å². The monoisotopic (exact) mass is 313 g/mol. The molecule has 0 radical (unpaired) electrons. The van der Waals surface area contributed by atoms with Gasteiger partial charge in [-0.3, -0.25) is 9.20 Å². The van der Waals surface area contributed by atoms with Crippen LogP contribution in [0, 0.1) is 6.92 Å². The van der Waals surface area contributed by atoms with E-state index in [9.17, 15) is 4.79 Å². The molecule has 0 fully saturated rings. The normalized spacial score (nSPS) is 11.0. The third-order valence-corrected chi connectivity index (χ3v) is 4.45. The van der Waals surface area contributed by atoms with E-state index in [0.717, 1.165) is 17.1 Å². The first-order valence-corrected chi connectivity index (χ1v) is 8.33. The molecule has 1 amide bonds. The number of carbonyl (C=O) groups is 1. The molecule has 1 N–H and O–H groups in total. The fourth-order valence-electron chi connectivity index (χ4n) is 2.35. The Labute approximate surface area is 133 Å². The lowest BCUT2D eigenvalue weighted by atomic mass is 10.1. The second-order valence-corrected chi connectivity index (χ2v) is 6.63. The molecule has 0 saturated carbocycles. The van der Waals surface area contributed by atoms with Crippen molar-refractivity contribution in [3.05, 3.63) is 52.8 Å². The highest BCUT2D eigenvalue weighted by Gasteiger charge is 2.12. The second-order valence-electron chi connectivity index (χ2n) is 5.41. The standard InChI is InChI=1S/C17H19N3OS/c1-3-4-5-13-6-8-14(9-7-13)18-16(21)15-11-20-10-12(2)22-17(20)19-15/h6-11H,3-5H2,1-2H3,(H,18,21). The highest BCUT2D eigenvalue weighted by atomic mass is 32.1. The molecule has 0 bridgehead atoms. The number of imidazole rings is 1. The van der Waals surface area contributed by atoms with E-state index in [0.29, 0.717) is 5.69 Å². The summed E-state index contributed by atoms with van der Waals surface area (Å²) >= 11 is 1.58. The van der Waals surface area contributed by atoms with Gasteiger partial charge in [-0.05, 0) is 37.5 Å². The highest BCUT2D eigenvalue weighted by molar-refractivity contribution is 7.17. The summed E-state index contributed by atoms with van der Waals surface area (Å²) < 4.78 is 1.89. The maximum Gasteiger partial charge on any atom is 0.275 e. The lowest BCUT2D eigenvalue weighted by molar-refractivity contribution is 0.102. The molecule has 5 heteroatoms. The van der Waals surface area contributed by atoms with E-state index in [4.69, 9.17) is 0 Å². The van der Waals surface area contributed by atoms with Crippen LogP contribution in [0.25, 0.3) is 4.96 Å². The number of nitrogens with zero attached hydrogens (tertiary/aromatic N) is 2. The number of rotatable bonds is 5. The van der Waals surface area contributed by atoms with E-state index in [1.54, 1.807) is 17.5 Å². The summed E-state index contributed by atoms with van der Waals surface area (Å²) in [5.74, 6) is -0.171. The van der Waals surface area contributed by atoms with Crippen molar-refractivity contribution >= 4 is 27.9 Å². The molecule has 0 aliphatic carbocycles. The van der Waals surface area contributed by atoms with Gasteiger partial charge in [-0.15, -0.1) is 11.3 Å². The van der Waals surface area contributed by atoms with Gasteiger partial charge in [0, 0.05) is 23.0 Å². The zero-order chi connectivity index (χ0) is 15.5. The number of thiazole rings is 1. The molecule has 1 aromatic carbocycles. The molecule has 0 unspecified atom stereocenters. The Morgan fingerprint density at radius 3 is 2.73 bits per heavy atom. The van der Waals surface area contributed by atoms with Gasteiger partial charge in [-0.2, -0.15) is 0 Å². The molecule has 3 rings (SSSR count). The van der Waals surface area contributed by atoms with Gasteiger partial charge in [0.25, 0.3) is 5.91 Å². The smallest absolute Gasteiger partial charge is 0.275 e. The predicted octanol–water partition coefficient (Wildman–Crippen LogP) is 4.30. The number of hydrogen-bond donors (Lipinski definition) is 1. The van der Waals surface area contributed by atoms with Crippen LogP contribution in [0.2, 0.25) is 0 Å². The maximum atomic E-state index is 12.2. The van der Waals surface area contributed by atoms with Gasteiger partial charge in [0.05, 0.1) is 0 Å². The summed E-state index contributed by atoms with van der Waals surface area (Å²) in [6.07, 6.45) is 7.21. The molecular formula is C17H19N3OS. The van der Waals surface area contributed by atoms with E-state index in [2.05, 4.69) is 29.4 Å². The minimum absolute atomic E-state index is 0.171. The van der Waals surface area contributed by atoms with Gasteiger partial charge in [-0.25, -0.2) is 4.98 Å². The molecule has 0 spiro atoms. The molecule has 22 heavy (non-hydrogen) atoms. The molecular weight excluding hydrogens is 294 g/mol. The molecule has 2 aromatic heterocycles. The zero-order valence-corrected chi connectivity index (χ0v) is 13.6. The van der Waals surface area contributed by atoms with Gasteiger partial charge < -0.3 is 5.32 Å². The minimum atomic E-state index is -0.171. The second kappa shape index (κ2) is 6.32. The summed E-state index contributed by atoms with van der Waals surface area (Å²) in [6.45, 7) is 4.21. The molecule has 0 aliphatic rings. The number of anilines is 1. The number of nitrogens with one attached hydrogen (secondary N) is 1. The van der Waals surface area contributed by atoms with E-state index >= 15 is 0 Å². The van der Waals surface area contributed by atoms with Gasteiger partial charge in [0.2, 0.25) is 0 Å². The third-order valence-electron chi connectivity index (χ3n) is 3.53. The van der Waals surface area contributed by atoms with Crippen molar-refractivity contribution in [3.8, 4) is 0 Å². The van der Waals surface area contributed by atoms with E-state index in [1.807, 2.05) is 29.7 Å². The molecule has 114 valence electrons. The Morgan fingerprint density at radius 1 is 1.27 bits per heavy atom. The van der Waals surface area contributed by atoms with Crippen LogP contribution in [0.4, 0.5) is 5.69 Å². The summed E-state index contributed by atoms with van der Waals surface area (Å²) in [6, 6.07) is 8.04. The minimum Gasteiger partial charge on any atom is -0.321 e. The van der Waals surface area contributed by atoms with Crippen LogP contribution in [0.1, 0.15) is 40.7 Å². The quantitative estimate of drug-likeness (QED) is 0.763. The fourth-order valence-corrected chi connectivity index (χ4v) is 3.16. The number of aryl methyl sites for hydroxylation is 2. The van der Waals surface area contributed by atoms with Crippen LogP contribution in [0.3, 0.4) is 0 Å². The number of carbonyl (C=O) groups excluding carboxylic acids is 1. The SMILES string of the molecule is CCCCc1ccc(NC(=O)c2cn3cc(C)sc3n2)cc1. The summed E-state index contributed by atoms with van der Waals surface area (Å²) in [5.41, 5.74) is 2.55. The number of benzene rings is 1. The van der Waals surface area contributed by atoms with Crippen molar-refractivity contribution in [1.82, 2.24) is 9.38 Å². The third kappa shape index (κ3) is 3.20. The van der Waals surface area contributed by atoms with Gasteiger partial charge >= 0.3 is 0 Å². The zero-order valence-electron chi connectivity index (χ0n) is 12.8. The molecule has 0 atom stereocenters. The van der Waals surface area contributed by atoms with Crippen LogP contribution in [-0.4, -0.2) is 15.3 Å². The average Bonchev–Trinajstić information content (AvgIpc) is 3.04. The maximum absolute atomic E-state index is 12.2. The number of hydrogen-bond acceptors (Lipinski definition) is 3. The number of unbranched alkanes of at least 4 members (excludes halogenated alkanes) is 1. The van der Waals surface area contributed by atoms with Crippen molar-refractivity contribution < 1.29 is 4.79 Å². The first kappa shape index (κ1) is 14.8. The van der Waals surface area contributed by atoms with Gasteiger partial charge in [0.15, 0.2) is 4.96 Å². The largest absolute Gasteiger partial charge is 0.321 e. The molecule has 0 saturated heterocycles. The summed E-state index contributed by atoms with van der Waals surface area (Å²) in [7, 11) is 0. The van der Waals surface area contributed by atoms with E-state index < -0.39 is 0 Å². The van der Waals surface area contributed by atoms with Crippen molar-refractivity contribution in [2.24, 2.45) is 0 Å². The summed E-state index contributed by atoms with van der Waals surface area (Å²) in [5, 5.41) is 2.90. The van der Waals surface area contributed by atoms with Crippen LogP contribution < -0.4 is 5.32 Å². The van der Waals surface area contributed by atoms with E-state index in [-0.39, 0.29) is 5.91 Å². The first-order valence-electron chi connectivity index (χ1n) is 7.51. The van der Waals surface area contributed by atoms with Crippen molar-refractivity contribution in [2.45, 2.75) is 33.1 Å². The summed E-state index contributed by atoms with van der Waals surface area (Å²) in [4.78, 5) is 18.6. The fraction of sp³-hybridized carbons (Fsp3) is 0.294. The van der Waals surface area contributed by atoms with Crippen molar-refractivity contribution in [2.75, 3.05) is 5.32 Å². The molecule has 3 aromatic rings. The van der Waals surface area contributed by atoms with Gasteiger partial charge in [-0.1, -0.05) is 25.5 Å².